The van der Waals surface area contributed by atoms with E-state index in [1.165, 1.54) is 17.0 Å². The van der Waals surface area contributed by atoms with Crippen LogP contribution in [0.2, 0.25) is 5.02 Å². The summed E-state index contributed by atoms with van der Waals surface area (Å²) in [4.78, 5) is 24.2. The lowest BCUT2D eigenvalue weighted by Gasteiger charge is -2.11. The van der Waals surface area contributed by atoms with Gasteiger partial charge in [-0.05, 0) is 12.1 Å². The lowest BCUT2D eigenvalue weighted by atomic mass is 10.2. The average Bonchev–Trinajstić information content (AvgIpc) is 2.29. The number of ether oxygens (including phenoxy) is 1. The summed E-state index contributed by atoms with van der Waals surface area (Å²) < 4.78 is 5.30. The van der Waals surface area contributed by atoms with Crippen molar-refractivity contribution in [1.82, 2.24) is 4.90 Å². The van der Waals surface area contributed by atoms with Crippen molar-refractivity contribution in [2.24, 2.45) is 0 Å². The van der Waals surface area contributed by atoms with Crippen molar-refractivity contribution in [2.75, 3.05) is 20.7 Å². The zero-order valence-electron chi connectivity index (χ0n) is 9.74. The van der Waals surface area contributed by atoms with Gasteiger partial charge in [0.05, 0.1) is 5.02 Å². The number of benzene rings is 1. The van der Waals surface area contributed by atoms with E-state index in [9.17, 15) is 14.7 Å². The second kappa shape index (κ2) is 6.06. The van der Waals surface area contributed by atoms with Gasteiger partial charge in [0.1, 0.15) is 11.3 Å². The smallest absolute Gasteiger partial charge is 0.342 e. The van der Waals surface area contributed by atoms with Crippen molar-refractivity contribution in [3.8, 4) is 5.75 Å². The number of esters is 1. The highest BCUT2D eigenvalue weighted by Crippen LogP contribution is 2.31. The summed E-state index contributed by atoms with van der Waals surface area (Å²) in [6.45, 7) is -0.393. The minimum Gasteiger partial charge on any atom is -0.505 e. The molecule has 1 aromatic rings. The number of carbonyl (C=O) groups is 2. The molecule has 0 spiro atoms. The molecule has 1 amide bonds. The Bertz CT molecular complexity index is 490. The van der Waals surface area contributed by atoms with Crippen molar-refractivity contribution in [3.05, 3.63) is 27.2 Å². The zero-order valence-corrected chi connectivity index (χ0v) is 12.1. The number of likely N-dealkylation sites (N-methyl/N-ethyl adjacent to an activating group) is 1. The molecule has 7 heteroatoms. The summed E-state index contributed by atoms with van der Waals surface area (Å²) in [5.41, 5.74) is -0.0964. The zero-order chi connectivity index (χ0) is 13.9. The number of hydrogen-bond acceptors (Lipinski definition) is 4. The van der Waals surface area contributed by atoms with Crippen LogP contribution in [0.3, 0.4) is 0 Å². The molecule has 0 saturated carbocycles. The van der Waals surface area contributed by atoms with Crippen LogP contribution in [-0.2, 0) is 9.53 Å². The second-order valence-corrected chi connectivity index (χ2v) is 4.97. The third-order valence-electron chi connectivity index (χ3n) is 2.07. The van der Waals surface area contributed by atoms with Gasteiger partial charge in [-0.15, -0.1) is 0 Å². The Morgan fingerprint density at radius 1 is 1.44 bits per heavy atom. The summed E-state index contributed by atoms with van der Waals surface area (Å²) in [6, 6.07) is 2.81. The molecule has 1 aromatic carbocycles. The van der Waals surface area contributed by atoms with Gasteiger partial charge in [-0.2, -0.15) is 0 Å². The molecule has 0 radical (unpaired) electrons. The fraction of sp³-hybridized carbons (Fsp3) is 0.273. The number of phenols is 1. The Hall–Kier alpha value is -1.27. The van der Waals surface area contributed by atoms with Gasteiger partial charge in [0.15, 0.2) is 6.61 Å². The van der Waals surface area contributed by atoms with E-state index in [-0.39, 0.29) is 22.2 Å². The molecule has 5 nitrogen and oxygen atoms in total. The molecule has 18 heavy (non-hydrogen) atoms. The molecule has 0 unspecified atom stereocenters. The van der Waals surface area contributed by atoms with Crippen LogP contribution in [-0.4, -0.2) is 42.6 Å². The van der Waals surface area contributed by atoms with Gasteiger partial charge in [0.25, 0.3) is 5.91 Å². The van der Waals surface area contributed by atoms with Crippen LogP contribution in [0.5, 0.6) is 5.75 Å². The summed E-state index contributed by atoms with van der Waals surface area (Å²) in [6.07, 6.45) is 0. The van der Waals surface area contributed by atoms with E-state index in [0.717, 1.165) is 0 Å². The highest BCUT2D eigenvalue weighted by molar-refractivity contribution is 9.10. The van der Waals surface area contributed by atoms with E-state index >= 15 is 0 Å². The van der Waals surface area contributed by atoms with Crippen molar-refractivity contribution in [3.63, 3.8) is 0 Å². The third kappa shape index (κ3) is 3.61. The van der Waals surface area contributed by atoms with Crippen LogP contribution in [0, 0.1) is 0 Å². The molecular formula is C11H11BrClNO4. The Kier molecular flexibility index (Phi) is 4.98. The van der Waals surface area contributed by atoms with Gasteiger partial charge in [-0.3, -0.25) is 4.79 Å². The predicted molar refractivity (Wildman–Crippen MR) is 69.8 cm³/mol. The molecule has 0 aliphatic carbocycles. The maximum absolute atomic E-state index is 11.7. The number of nitrogens with zero attached hydrogens (tertiary/aromatic N) is 1. The molecule has 0 aliphatic heterocycles. The molecule has 0 atom stereocenters. The van der Waals surface area contributed by atoms with E-state index < -0.39 is 12.6 Å². The van der Waals surface area contributed by atoms with Gasteiger partial charge >= 0.3 is 5.97 Å². The van der Waals surface area contributed by atoms with Gasteiger partial charge < -0.3 is 14.7 Å². The van der Waals surface area contributed by atoms with Crippen LogP contribution < -0.4 is 0 Å². The molecule has 1 rings (SSSR count). The van der Waals surface area contributed by atoms with Crippen LogP contribution >= 0.6 is 27.5 Å². The number of aromatic hydroxyl groups is 1. The number of hydrogen-bond donors (Lipinski definition) is 1. The van der Waals surface area contributed by atoms with E-state index in [1.54, 1.807) is 14.1 Å². The fourth-order valence-electron chi connectivity index (χ4n) is 1.06. The minimum atomic E-state index is -0.814. The molecule has 0 heterocycles. The highest BCUT2D eigenvalue weighted by atomic mass is 79.9. The van der Waals surface area contributed by atoms with E-state index in [2.05, 4.69) is 15.9 Å². The largest absolute Gasteiger partial charge is 0.505 e. The molecule has 0 saturated heterocycles. The summed E-state index contributed by atoms with van der Waals surface area (Å²) >= 11 is 8.85. The Morgan fingerprint density at radius 2 is 2.06 bits per heavy atom. The highest BCUT2D eigenvalue weighted by Gasteiger charge is 2.18. The summed E-state index contributed by atoms with van der Waals surface area (Å²) in [5.74, 6) is -1.54. The van der Waals surface area contributed by atoms with Gasteiger partial charge in [-0.25, -0.2) is 4.79 Å². The van der Waals surface area contributed by atoms with Crippen molar-refractivity contribution in [2.45, 2.75) is 0 Å². The normalized spacial score (nSPS) is 10.0. The van der Waals surface area contributed by atoms with E-state index in [1.807, 2.05) is 0 Å². The number of rotatable bonds is 3. The van der Waals surface area contributed by atoms with Crippen LogP contribution in [0.4, 0.5) is 0 Å². The van der Waals surface area contributed by atoms with Crippen LogP contribution in [0.15, 0.2) is 16.6 Å². The van der Waals surface area contributed by atoms with E-state index in [0.29, 0.717) is 4.47 Å². The quantitative estimate of drug-likeness (QED) is 0.858. The number of amides is 1. The maximum atomic E-state index is 11.7. The average molecular weight is 337 g/mol. The van der Waals surface area contributed by atoms with E-state index in [4.69, 9.17) is 16.3 Å². The second-order valence-electron chi connectivity index (χ2n) is 3.65. The first-order valence-corrected chi connectivity index (χ1v) is 6.05. The molecule has 1 N–H and O–H groups in total. The standard InChI is InChI=1S/C11H11BrClNO4/c1-14(2)9(15)5-18-11(17)7-3-6(12)4-8(13)10(7)16/h3-4,16H,5H2,1-2H3. The Balaban J connectivity index is 2.82. The van der Waals surface area contributed by atoms with Crippen molar-refractivity contribution in [1.29, 1.82) is 0 Å². The van der Waals surface area contributed by atoms with Gasteiger partial charge in [0.2, 0.25) is 0 Å². The summed E-state index contributed by atoms with van der Waals surface area (Å²) in [7, 11) is 3.09. The minimum absolute atomic E-state index is 0.0234. The number of carbonyl (C=O) groups excluding carboxylic acids is 2. The lowest BCUT2D eigenvalue weighted by molar-refractivity contribution is -0.131. The molecule has 0 aliphatic rings. The maximum Gasteiger partial charge on any atom is 0.342 e. The van der Waals surface area contributed by atoms with Gasteiger partial charge in [0, 0.05) is 18.6 Å². The lowest BCUT2D eigenvalue weighted by Crippen LogP contribution is -2.27. The van der Waals surface area contributed by atoms with Crippen molar-refractivity contribution < 1.29 is 19.4 Å². The first-order chi connectivity index (χ1) is 8.32. The molecular weight excluding hydrogens is 325 g/mol. The van der Waals surface area contributed by atoms with Gasteiger partial charge in [-0.1, -0.05) is 27.5 Å². The van der Waals surface area contributed by atoms with Crippen LogP contribution in [0.25, 0.3) is 0 Å². The first kappa shape index (κ1) is 14.8. The molecule has 0 fully saturated rings. The first-order valence-electron chi connectivity index (χ1n) is 4.88. The Labute approximate surface area is 117 Å². The topological polar surface area (TPSA) is 66.8 Å². The Morgan fingerprint density at radius 3 is 2.61 bits per heavy atom. The summed E-state index contributed by atoms with van der Waals surface area (Å²) in [5, 5.41) is 9.64. The molecule has 98 valence electrons. The predicted octanol–water partition coefficient (Wildman–Crippen LogP) is 2.05. The fourth-order valence-corrected chi connectivity index (χ4v) is 1.86. The number of halogens is 2. The third-order valence-corrected chi connectivity index (χ3v) is 2.82. The SMILES string of the molecule is CN(C)C(=O)COC(=O)c1cc(Br)cc(Cl)c1O. The van der Waals surface area contributed by atoms with Crippen molar-refractivity contribution >= 4 is 39.4 Å². The number of phenolic OH excluding ortho intramolecular Hbond substituents is 1. The monoisotopic (exact) mass is 335 g/mol. The molecule has 0 bridgehead atoms. The van der Waals surface area contributed by atoms with Crippen LogP contribution in [0.1, 0.15) is 10.4 Å². The molecule has 0 aromatic heterocycles.